The van der Waals surface area contributed by atoms with Crippen molar-refractivity contribution in [3.8, 4) is 0 Å². The van der Waals surface area contributed by atoms with Crippen LogP contribution in [0.5, 0.6) is 0 Å². The van der Waals surface area contributed by atoms with E-state index in [1.54, 1.807) is 11.8 Å². The van der Waals surface area contributed by atoms with Crippen molar-refractivity contribution in [1.29, 1.82) is 0 Å². The van der Waals surface area contributed by atoms with Gasteiger partial charge in [0.1, 0.15) is 11.6 Å². The molecular formula is C15H17IN2O2. The molecular weight excluding hydrogens is 367 g/mol. The highest BCUT2D eigenvalue weighted by molar-refractivity contribution is 14.1. The number of carbonyl (C=O) groups excluding carboxylic acids is 2. The van der Waals surface area contributed by atoms with Gasteiger partial charge in [-0.05, 0) is 67.3 Å². The van der Waals surface area contributed by atoms with Crippen molar-refractivity contribution in [2.75, 3.05) is 4.90 Å². The minimum atomic E-state index is -0.748. The third kappa shape index (κ3) is 2.03. The second-order valence-electron chi connectivity index (χ2n) is 5.77. The lowest BCUT2D eigenvalue weighted by Crippen LogP contribution is -2.70. The molecule has 1 saturated heterocycles. The molecule has 3 rings (SSSR count). The lowest BCUT2D eigenvalue weighted by atomic mass is 9.89. The van der Waals surface area contributed by atoms with E-state index in [1.165, 1.54) is 0 Å². The van der Waals surface area contributed by atoms with Crippen molar-refractivity contribution in [2.24, 2.45) is 5.92 Å². The Kier molecular flexibility index (Phi) is 3.27. The van der Waals surface area contributed by atoms with Crippen LogP contribution >= 0.6 is 22.6 Å². The van der Waals surface area contributed by atoms with Gasteiger partial charge in [0, 0.05) is 3.57 Å². The molecule has 1 aliphatic carbocycles. The molecule has 0 spiro atoms. The fourth-order valence-electron chi connectivity index (χ4n) is 2.86. The summed E-state index contributed by atoms with van der Waals surface area (Å²) in [4.78, 5) is 26.9. The number of benzene rings is 1. The number of anilines is 1. The summed E-state index contributed by atoms with van der Waals surface area (Å²) in [7, 11) is 0. The van der Waals surface area contributed by atoms with Gasteiger partial charge in [-0.3, -0.25) is 14.5 Å². The average molecular weight is 384 g/mol. The van der Waals surface area contributed by atoms with E-state index in [4.69, 9.17) is 0 Å². The quantitative estimate of drug-likeness (QED) is 0.796. The van der Waals surface area contributed by atoms with E-state index in [0.29, 0.717) is 0 Å². The van der Waals surface area contributed by atoms with Gasteiger partial charge in [0.2, 0.25) is 5.91 Å². The van der Waals surface area contributed by atoms with E-state index in [2.05, 4.69) is 27.9 Å². The Morgan fingerprint density at radius 2 is 1.95 bits per heavy atom. The van der Waals surface area contributed by atoms with Crippen LogP contribution in [0.4, 0.5) is 5.69 Å². The second kappa shape index (κ2) is 4.72. The average Bonchev–Trinajstić information content (AvgIpc) is 3.24. The number of rotatable bonds is 2. The fraction of sp³-hybridized carbons (Fsp3) is 0.467. The maximum Gasteiger partial charge on any atom is 0.253 e. The molecule has 1 saturated carbocycles. The molecule has 106 valence electrons. The third-order valence-electron chi connectivity index (χ3n) is 4.32. The van der Waals surface area contributed by atoms with Crippen molar-refractivity contribution in [3.05, 3.63) is 27.8 Å². The highest BCUT2D eigenvalue weighted by Gasteiger charge is 2.55. The molecule has 2 fully saturated rings. The molecule has 1 N–H and O–H groups in total. The Bertz CT molecular complexity index is 585. The fourth-order valence-corrected chi connectivity index (χ4v) is 3.51. The second-order valence-corrected chi connectivity index (χ2v) is 6.93. The van der Waals surface area contributed by atoms with Crippen LogP contribution in [0.25, 0.3) is 0 Å². The number of carbonyl (C=O) groups is 2. The van der Waals surface area contributed by atoms with E-state index in [0.717, 1.165) is 22.1 Å². The Hall–Kier alpha value is -1.11. The highest BCUT2D eigenvalue weighted by atomic mass is 127. The smallest absolute Gasteiger partial charge is 0.253 e. The van der Waals surface area contributed by atoms with Gasteiger partial charge in [-0.15, -0.1) is 0 Å². The van der Waals surface area contributed by atoms with Gasteiger partial charge in [0.15, 0.2) is 0 Å². The maximum absolute atomic E-state index is 12.9. The SMILES string of the molecule is CC1C(=O)NC(C)(C2CC2)C(=O)N1c1ccccc1I. The van der Waals surface area contributed by atoms with Gasteiger partial charge < -0.3 is 5.32 Å². The number of nitrogens with one attached hydrogen (secondary N) is 1. The molecule has 4 nitrogen and oxygen atoms in total. The molecule has 1 heterocycles. The molecule has 20 heavy (non-hydrogen) atoms. The number of halogens is 1. The van der Waals surface area contributed by atoms with Crippen molar-refractivity contribution in [1.82, 2.24) is 5.32 Å². The Labute approximate surface area is 132 Å². The third-order valence-corrected chi connectivity index (χ3v) is 5.23. The Morgan fingerprint density at radius 3 is 2.55 bits per heavy atom. The summed E-state index contributed by atoms with van der Waals surface area (Å²) >= 11 is 2.21. The molecule has 1 aliphatic heterocycles. The first kappa shape index (κ1) is 13.9. The summed E-state index contributed by atoms with van der Waals surface area (Å²) in [6, 6.07) is 7.23. The summed E-state index contributed by atoms with van der Waals surface area (Å²) in [5.74, 6) is 0.213. The van der Waals surface area contributed by atoms with Crippen LogP contribution in [0.15, 0.2) is 24.3 Å². The molecule has 0 aromatic heterocycles. The zero-order valence-corrected chi connectivity index (χ0v) is 13.7. The molecule has 2 atom stereocenters. The highest BCUT2D eigenvalue weighted by Crippen LogP contribution is 2.43. The Balaban J connectivity index is 2.05. The van der Waals surface area contributed by atoms with E-state index < -0.39 is 11.6 Å². The number of hydrogen-bond donors (Lipinski definition) is 1. The monoisotopic (exact) mass is 384 g/mol. The first-order valence-corrected chi connectivity index (χ1v) is 7.93. The van der Waals surface area contributed by atoms with Crippen molar-refractivity contribution in [2.45, 2.75) is 38.3 Å². The van der Waals surface area contributed by atoms with Gasteiger partial charge >= 0.3 is 0 Å². The molecule has 2 aliphatic rings. The summed E-state index contributed by atoms with van der Waals surface area (Å²) in [6.07, 6.45) is 2.02. The normalized spacial score (nSPS) is 30.4. The van der Waals surface area contributed by atoms with Crippen molar-refractivity contribution >= 4 is 40.1 Å². The van der Waals surface area contributed by atoms with Gasteiger partial charge in [0.05, 0.1) is 5.69 Å². The zero-order valence-electron chi connectivity index (χ0n) is 11.5. The van der Waals surface area contributed by atoms with E-state index in [-0.39, 0.29) is 17.7 Å². The van der Waals surface area contributed by atoms with Crippen molar-refractivity contribution in [3.63, 3.8) is 0 Å². The molecule has 5 heteroatoms. The number of amides is 2. The summed E-state index contributed by atoms with van der Waals surface area (Å²) in [5, 5.41) is 2.94. The van der Waals surface area contributed by atoms with Crippen LogP contribution < -0.4 is 10.2 Å². The van der Waals surface area contributed by atoms with Crippen LogP contribution in [-0.4, -0.2) is 23.4 Å². The summed E-state index contributed by atoms with van der Waals surface area (Å²) in [5.41, 5.74) is 0.0787. The van der Waals surface area contributed by atoms with E-state index in [1.807, 2.05) is 31.2 Å². The summed E-state index contributed by atoms with van der Waals surface area (Å²) in [6.45, 7) is 3.64. The Morgan fingerprint density at radius 1 is 1.30 bits per heavy atom. The minimum Gasteiger partial charge on any atom is -0.340 e. The van der Waals surface area contributed by atoms with Crippen molar-refractivity contribution < 1.29 is 9.59 Å². The maximum atomic E-state index is 12.9. The number of hydrogen-bond acceptors (Lipinski definition) is 2. The molecule has 1 aromatic carbocycles. The minimum absolute atomic E-state index is 0.0104. The molecule has 0 radical (unpaired) electrons. The van der Waals surface area contributed by atoms with Gasteiger partial charge in [-0.1, -0.05) is 12.1 Å². The van der Waals surface area contributed by atoms with Crippen LogP contribution in [0.2, 0.25) is 0 Å². The van der Waals surface area contributed by atoms with Crippen LogP contribution in [-0.2, 0) is 9.59 Å². The van der Waals surface area contributed by atoms with E-state index in [9.17, 15) is 9.59 Å². The van der Waals surface area contributed by atoms with E-state index >= 15 is 0 Å². The first-order chi connectivity index (χ1) is 9.45. The predicted molar refractivity (Wildman–Crippen MR) is 85.4 cm³/mol. The molecule has 2 unspecified atom stereocenters. The summed E-state index contributed by atoms with van der Waals surface area (Å²) < 4.78 is 0.984. The zero-order chi connectivity index (χ0) is 14.5. The van der Waals surface area contributed by atoms with Crippen LogP contribution in [0.3, 0.4) is 0 Å². The largest absolute Gasteiger partial charge is 0.340 e. The number of nitrogens with zero attached hydrogens (tertiary/aromatic N) is 1. The van der Waals surface area contributed by atoms with Crippen LogP contribution in [0.1, 0.15) is 26.7 Å². The van der Waals surface area contributed by atoms with Gasteiger partial charge in [-0.25, -0.2) is 0 Å². The van der Waals surface area contributed by atoms with Crippen LogP contribution in [0, 0.1) is 9.49 Å². The lowest BCUT2D eigenvalue weighted by Gasteiger charge is -2.43. The first-order valence-electron chi connectivity index (χ1n) is 6.85. The lowest BCUT2D eigenvalue weighted by molar-refractivity contribution is -0.138. The molecule has 0 bridgehead atoms. The number of para-hydroxylation sites is 1. The van der Waals surface area contributed by atoms with Gasteiger partial charge in [-0.2, -0.15) is 0 Å². The topological polar surface area (TPSA) is 49.4 Å². The predicted octanol–water partition coefficient (Wildman–Crippen LogP) is 2.31. The standard InChI is InChI=1S/C15H17IN2O2/c1-9-13(19)17-15(2,10-7-8-10)14(20)18(9)12-6-4-3-5-11(12)16/h3-6,9-10H,7-8H2,1-2H3,(H,17,19). The number of piperazine rings is 1. The van der Waals surface area contributed by atoms with Gasteiger partial charge in [0.25, 0.3) is 5.91 Å². The molecule has 1 aromatic rings. The molecule has 2 amide bonds.